The van der Waals surface area contributed by atoms with Gasteiger partial charge in [0.25, 0.3) is 5.56 Å². The van der Waals surface area contributed by atoms with Gasteiger partial charge >= 0.3 is 0 Å². The van der Waals surface area contributed by atoms with E-state index in [1.807, 2.05) is 29.6 Å². The fourth-order valence-electron chi connectivity index (χ4n) is 3.61. The molecule has 2 aromatic rings. The van der Waals surface area contributed by atoms with Crippen LogP contribution in [0.5, 0.6) is 0 Å². The number of rotatable bonds is 1. The monoisotopic (exact) mass is 346 g/mol. The zero-order valence-corrected chi connectivity index (χ0v) is 15.9. The number of aromatic nitrogens is 2. The molecule has 3 rings (SSSR count). The third-order valence-electron chi connectivity index (χ3n) is 6.07. The highest BCUT2D eigenvalue weighted by atomic mass is 16.2. The molecule has 7 nitrogen and oxygen atoms in total. The number of fused-ring (bicyclic) bond motifs is 1. The number of nitrogens with two attached hydrogens (primary N) is 1. The van der Waals surface area contributed by atoms with E-state index in [0.29, 0.717) is 22.4 Å². The number of hydrogen-bond donors (Lipinski definition) is 2. The lowest BCUT2D eigenvalue weighted by molar-refractivity contribution is -0.137. The molecule has 1 saturated heterocycles. The van der Waals surface area contributed by atoms with Crippen LogP contribution in [0.4, 0.5) is 5.69 Å². The molecule has 3 N–H and O–H groups in total. The minimum absolute atomic E-state index is 0.300. The Labute approximate surface area is 155 Å². The molecule has 128 valence electrons. The molecule has 1 unspecified atom stereocenters. The van der Waals surface area contributed by atoms with Crippen molar-refractivity contribution in [3.05, 3.63) is 28.3 Å². The van der Waals surface area contributed by atoms with Gasteiger partial charge in [-0.3, -0.25) is 24.3 Å². The van der Waals surface area contributed by atoms with E-state index >= 15 is 0 Å². The van der Waals surface area contributed by atoms with Gasteiger partial charge in [0.2, 0.25) is 11.8 Å². The maximum atomic E-state index is 13.3. The average molecular weight is 345 g/mol. The summed E-state index contributed by atoms with van der Waals surface area (Å²) in [7, 11) is 9.05. The first-order valence-electron chi connectivity index (χ1n) is 8.54. The number of nitrogens with one attached hydrogen (secondary N) is 1. The number of nitrogens with zero attached hydrogens (tertiary/aromatic N) is 2. The highest BCUT2D eigenvalue weighted by Gasteiger charge is 2.55. The summed E-state index contributed by atoms with van der Waals surface area (Å²) in [6.07, 6.45) is 0. The van der Waals surface area contributed by atoms with E-state index < -0.39 is 22.4 Å². The van der Waals surface area contributed by atoms with Gasteiger partial charge in [-0.25, -0.2) is 4.98 Å². The summed E-state index contributed by atoms with van der Waals surface area (Å²) in [5.41, 5.74) is 7.37. The average Bonchev–Trinajstić information content (AvgIpc) is 2.52. The smallest absolute Gasteiger partial charge is 0.264 e. The first kappa shape index (κ1) is 18.4. The molecule has 0 aliphatic carbocycles. The summed E-state index contributed by atoms with van der Waals surface area (Å²) in [4.78, 5) is 43.0. The lowest BCUT2D eigenvalue weighted by Crippen LogP contribution is -2.61. The van der Waals surface area contributed by atoms with Crippen molar-refractivity contribution in [2.75, 3.05) is 5.73 Å². The van der Waals surface area contributed by atoms with Gasteiger partial charge in [-0.15, -0.1) is 0 Å². The minimum Gasteiger partial charge on any atom is -0.398 e. The molecule has 1 atom stereocenters. The van der Waals surface area contributed by atoms with Gasteiger partial charge in [0.1, 0.15) is 51.1 Å². The predicted molar refractivity (Wildman–Crippen MR) is 115 cm³/mol. The van der Waals surface area contributed by atoms with Crippen LogP contribution in [0.1, 0.15) is 11.9 Å². The summed E-state index contributed by atoms with van der Waals surface area (Å²) in [6, 6.07) is 2.60. The van der Waals surface area contributed by atoms with Crippen molar-refractivity contribution in [1.29, 1.82) is 0 Å². The van der Waals surface area contributed by atoms with Crippen molar-refractivity contribution in [3.63, 3.8) is 0 Å². The Morgan fingerprint density at radius 1 is 1.19 bits per heavy atom. The standard InChI is InChI=1S/C14H19B5N4O3/c1-4-21-8-5(15)2-3-6(20)7(8)11(25)23(4)9-10(24)22-12(26)14(18,19)13(9,16)17/h2-3,9H,15-20H2,1H3,(H,22,24,26). The maximum absolute atomic E-state index is 13.3. The number of anilines is 1. The van der Waals surface area contributed by atoms with E-state index in [-0.39, 0.29) is 11.5 Å². The van der Waals surface area contributed by atoms with Crippen LogP contribution in [-0.2, 0) is 9.59 Å². The minimum atomic E-state index is -0.875. The Kier molecular flexibility index (Phi) is 3.94. The molecule has 1 aliphatic heterocycles. The Morgan fingerprint density at radius 3 is 2.42 bits per heavy atom. The van der Waals surface area contributed by atoms with Crippen LogP contribution in [0.15, 0.2) is 16.9 Å². The number of piperidine rings is 1. The highest BCUT2D eigenvalue weighted by molar-refractivity contribution is 6.63. The SMILES string of the molecule is Bc1ccc(N)c2c(=O)n(C3C(=O)NC(=O)C(B)(B)C3(B)B)c(C)nc12. The van der Waals surface area contributed by atoms with Crippen LogP contribution in [0, 0.1) is 6.92 Å². The predicted octanol–water partition coefficient (Wildman–Crippen LogP) is -5.49. The number of benzene rings is 1. The van der Waals surface area contributed by atoms with Gasteiger partial charge < -0.3 is 5.73 Å². The van der Waals surface area contributed by atoms with Crippen molar-refractivity contribution in [3.8, 4) is 0 Å². The fraction of sp³-hybridized carbons (Fsp3) is 0.286. The molecule has 0 bridgehead atoms. The second kappa shape index (κ2) is 5.56. The van der Waals surface area contributed by atoms with Gasteiger partial charge in [0.05, 0.1) is 10.9 Å². The van der Waals surface area contributed by atoms with Crippen molar-refractivity contribution in [2.24, 2.45) is 0 Å². The summed E-state index contributed by atoms with van der Waals surface area (Å²) in [5.74, 6) is -0.440. The van der Waals surface area contributed by atoms with Gasteiger partial charge in [-0.1, -0.05) is 16.7 Å². The molecule has 0 saturated carbocycles. The van der Waals surface area contributed by atoms with Gasteiger partial charge in [0, 0.05) is 5.69 Å². The molecule has 26 heavy (non-hydrogen) atoms. The van der Waals surface area contributed by atoms with E-state index in [1.54, 1.807) is 28.7 Å². The van der Waals surface area contributed by atoms with Crippen LogP contribution >= 0.6 is 0 Å². The largest absolute Gasteiger partial charge is 0.398 e. The summed E-state index contributed by atoms with van der Waals surface area (Å²) < 4.78 is 1.38. The second-order valence-corrected chi connectivity index (χ2v) is 8.10. The zero-order chi connectivity index (χ0) is 19.6. The van der Waals surface area contributed by atoms with Crippen molar-refractivity contribution < 1.29 is 9.59 Å². The molecule has 2 amide bonds. The van der Waals surface area contributed by atoms with E-state index in [1.165, 1.54) is 4.57 Å². The Balaban J connectivity index is 2.39. The van der Waals surface area contributed by atoms with Crippen LogP contribution < -0.4 is 22.1 Å². The van der Waals surface area contributed by atoms with Crippen LogP contribution in [0.2, 0.25) is 10.4 Å². The molecular weight excluding hydrogens is 326 g/mol. The number of aryl methyl sites for hydroxylation is 1. The lowest BCUT2D eigenvalue weighted by Gasteiger charge is -2.50. The molecule has 1 fully saturated rings. The normalized spacial score (nSPS) is 21.5. The van der Waals surface area contributed by atoms with Gasteiger partial charge in [-0.2, -0.15) is 0 Å². The zero-order valence-electron chi connectivity index (χ0n) is 15.9. The number of hydrogen-bond acceptors (Lipinski definition) is 5. The molecule has 1 aromatic heterocycles. The van der Waals surface area contributed by atoms with Crippen LogP contribution in [0.25, 0.3) is 10.9 Å². The fourth-order valence-corrected chi connectivity index (χ4v) is 3.61. The number of carbonyl (C=O) groups is 2. The maximum Gasteiger partial charge on any atom is 0.264 e. The number of amides is 2. The Hall–Kier alpha value is -2.38. The Morgan fingerprint density at radius 2 is 1.81 bits per heavy atom. The molecular formula is C14H19B5N4O3. The Bertz CT molecular complexity index is 1030. The molecule has 1 aliphatic rings. The van der Waals surface area contributed by atoms with E-state index in [4.69, 9.17) is 5.73 Å². The topological polar surface area (TPSA) is 107 Å². The quantitative estimate of drug-likeness (QED) is 0.305. The van der Waals surface area contributed by atoms with E-state index in [2.05, 4.69) is 10.3 Å². The molecule has 1 aromatic carbocycles. The lowest BCUT2D eigenvalue weighted by atomic mass is 9.26. The molecule has 0 spiro atoms. The van der Waals surface area contributed by atoms with Crippen LogP contribution in [0.3, 0.4) is 0 Å². The van der Waals surface area contributed by atoms with Crippen molar-refractivity contribution in [1.82, 2.24) is 14.9 Å². The third-order valence-corrected chi connectivity index (χ3v) is 6.07. The number of imide groups is 1. The summed E-state index contributed by atoms with van der Waals surface area (Å²) in [5, 5.41) is 1.04. The first-order valence-corrected chi connectivity index (χ1v) is 8.54. The molecule has 0 radical (unpaired) electrons. The summed E-state index contributed by atoms with van der Waals surface area (Å²) >= 11 is 0. The highest BCUT2D eigenvalue weighted by Crippen LogP contribution is 2.52. The van der Waals surface area contributed by atoms with Crippen molar-refractivity contribution in [2.45, 2.75) is 23.4 Å². The number of carbonyl (C=O) groups excluding carboxylic acids is 2. The first-order chi connectivity index (χ1) is 11.9. The van der Waals surface area contributed by atoms with Crippen LogP contribution in [-0.4, -0.2) is 60.6 Å². The summed E-state index contributed by atoms with van der Waals surface area (Å²) in [6.45, 7) is 1.69. The van der Waals surface area contributed by atoms with Gasteiger partial charge in [-0.05, 0) is 18.2 Å². The van der Waals surface area contributed by atoms with Gasteiger partial charge in [0.15, 0.2) is 0 Å². The van der Waals surface area contributed by atoms with E-state index in [0.717, 1.165) is 5.46 Å². The van der Waals surface area contributed by atoms with E-state index in [9.17, 15) is 14.4 Å². The van der Waals surface area contributed by atoms with Crippen molar-refractivity contribution >= 4 is 73.1 Å². The third kappa shape index (κ3) is 2.27. The number of nitrogen functional groups attached to an aromatic ring is 1. The molecule has 12 heteroatoms. The second-order valence-electron chi connectivity index (χ2n) is 8.10. The molecule has 2 heterocycles.